The highest BCUT2D eigenvalue weighted by Crippen LogP contribution is 2.32. The average Bonchev–Trinajstić information content (AvgIpc) is 2.80. The lowest BCUT2D eigenvalue weighted by atomic mass is 9.92. The fourth-order valence-corrected chi connectivity index (χ4v) is 3.76. The maximum absolute atomic E-state index is 9.17. The van der Waals surface area contributed by atoms with Crippen LogP contribution in [0.25, 0.3) is 22.3 Å². The van der Waals surface area contributed by atoms with Crippen LogP contribution < -0.4 is 4.74 Å². The van der Waals surface area contributed by atoms with Crippen molar-refractivity contribution in [3.05, 3.63) is 89.5 Å². The van der Waals surface area contributed by atoms with Crippen LogP contribution in [0.15, 0.2) is 72.8 Å². The van der Waals surface area contributed by atoms with E-state index in [0.29, 0.717) is 13.2 Å². The van der Waals surface area contributed by atoms with Crippen molar-refractivity contribution in [2.75, 3.05) is 26.4 Å². The van der Waals surface area contributed by atoms with Gasteiger partial charge in [-0.25, -0.2) is 0 Å². The van der Waals surface area contributed by atoms with Crippen LogP contribution in [0.2, 0.25) is 0 Å². The van der Waals surface area contributed by atoms with Crippen LogP contribution in [0, 0.1) is 6.92 Å². The second-order valence-corrected chi connectivity index (χ2v) is 8.25. The molecule has 0 spiro atoms. The molecule has 32 heavy (non-hydrogen) atoms. The summed E-state index contributed by atoms with van der Waals surface area (Å²) in [5, 5.41) is 9.17. The van der Waals surface area contributed by atoms with Gasteiger partial charge in [0, 0.05) is 0 Å². The Bertz CT molecular complexity index is 1030. The number of hydrogen-bond acceptors (Lipinski definition) is 3. The molecule has 1 N–H and O–H groups in total. The fraction of sp³-hybridized carbons (Fsp3) is 0.310. The number of ether oxygens (including phenoxy) is 2. The van der Waals surface area contributed by atoms with E-state index in [1.165, 1.54) is 33.4 Å². The standard InChI is InChI=1S/C29H34O3/c1-5-23-18-25(24-8-6-22(4)7-9-24)10-12-28(23)26-11-13-29(32-17-15-30)27(19-26)14-16-31-20-21(2)3/h6-13,18-19,30H,2,5,14-17,20H2,1,3-4H3. The molecule has 0 fully saturated rings. The quantitative estimate of drug-likeness (QED) is 0.283. The zero-order chi connectivity index (χ0) is 22.9. The van der Waals surface area contributed by atoms with Crippen molar-refractivity contribution in [1.29, 1.82) is 0 Å². The van der Waals surface area contributed by atoms with Crippen molar-refractivity contribution in [3.8, 4) is 28.0 Å². The average molecular weight is 431 g/mol. The normalized spacial score (nSPS) is 10.9. The smallest absolute Gasteiger partial charge is 0.122 e. The summed E-state index contributed by atoms with van der Waals surface area (Å²) in [4.78, 5) is 0. The highest BCUT2D eigenvalue weighted by Gasteiger charge is 2.11. The summed E-state index contributed by atoms with van der Waals surface area (Å²) in [5.41, 5.74) is 9.56. The summed E-state index contributed by atoms with van der Waals surface area (Å²) < 4.78 is 11.5. The van der Waals surface area contributed by atoms with Gasteiger partial charge in [0.2, 0.25) is 0 Å². The number of aliphatic hydroxyl groups is 1. The van der Waals surface area contributed by atoms with Crippen LogP contribution in [0.4, 0.5) is 0 Å². The van der Waals surface area contributed by atoms with E-state index in [1.807, 2.05) is 13.0 Å². The van der Waals surface area contributed by atoms with Crippen molar-refractivity contribution in [2.24, 2.45) is 0 Å². The van der Waals surface area contributed by atoms with Crippen molar-refractivity contribution >= 4 is 0 Å². The maximum atomic E-state index is 9.17. The Labute approximate surface area is 192 Å². The molecule has 0 heterocycles. The summed E-state index contributed by atoms with van der Waals surface area (Å²) in [6.45, 7) is 11.6. The van der Waals surface area contributed by atoms with E-state index in [2.05, 4.69) is 75.0 Å². The molecule has 0 saturated carbocycles. The van der Waals surface area contributed by atoms with Gasteiger partial charge in [0.05, 0.1) is 19.8 Å². The van der Waals surface area contributed by atoms with E-state index < -0.39 is 0 Å². The van der Waals surface area contributed by atoms with Crippen molar-refractivity contribution in [1.82, 2.24) is 0 Å². The van der Waals surface area contributed by atoms with Crippen LogP contribution in [-0.4, -0.2) is 31.5 Å². The first-order valence-electron chi connectivity index (χ1n) is 11.3. The summed E-state index contributed by atoms with van der Waals surface area (Å²) >= 11 is 0. The molecule has 0 atom stereocenters. The second-order valence-electron chi connectivity index (χ2n) is 8.25. The minimum absolute atomic E-state index is 0.00615. The minimum Gasteiger partial charge on any atom is -0.491 e. The van der Waals surface area contributed by atoms with Gasteiger partial charge in [-0.3, -0.25) is 0 Å². The summed E-state index contributed by atoms with van der Waals surface area (Å²) in [5.74, 6) is 0.802. The van der Waals surface area contributed by atoms with E-state index in [4.69, 9.17) is 9.47 Å². The monoisotopic (exact) mass is 430 g/mol. The van der Waals surface area contributed by atoms with E-state index >= 15 is 0 Å². The van der Waals surface area contributed by atoms with Crippen molar-refractivity contribution in [2.45, 2.75) is 33.6 Å². The van der Waals surface area contributed by atoms with Gasteiger partial charge >= 0.3 is 0 Å². The predicted molar refractivity (Wildman–Crippen MR) is 133 cm³/mol. The number of benzene rings is 3. The lowest BCUT2D eigenvalue weighted by Crippen LogP contribution is -2.07. The third kappa shape index (κ3) is 6.32. The van der Waals surface area contributed by atoms with E-state index in [9.17, 15) is 5.11 Å². The summed E-state index contributed by atoms with van der Waals surface area (Å²) in [6.07, 6.45) is 1.69. The van der Waals surface area contributed by atoms with Crippen LogP contribution in [0.5, 0.6) is 5.75 Å². The van der Waals surface area contributed by atoms with E-state index in [-0.39, 0.29) is 13.2 Å². The number of rotatable bonds is 11. The molecule has 0 saturated heterocycles. The van der Waals surface area contributed by atoms with Crippen LogP contribution in [0.3, 0.4) is 0 Å². The molecule has 0 unspecified atom stereocenters. The molecule has 3 aromatic carbocycles. The molecule has 0 aliphatic rings. The van der Waals surface area contributed by atoms with Gasteiger partial charge < -0.3 is 14.6 Å². The molecule has 3 nitrogen and oxygen atoms in total. The van der Waals surface area contributed by atoms with Crippen molar-refractivity contribution in [3.63, 3.8) is 0 Å². The Morgan fingerprint density at radius 3 is 2.25 bits per heavy atom. The molecule has 0 aliphatic heterocycles. The molecular weight excluding hydrogens is 396 g/mol. The molecule has 3 heteroatoms. The molecular formula is C29H34O3. The molecule has 0 radical (unpaired) electrons. The highest BCUT2D eigenvalue weighted by atomic mass is 16.5. The largest absolute Gasteiger partial charge is 0.491 e. The van der Waals surface area contributed by atoms with Crippen LogP contribution >= 0.6 is 0 Å². The SMILES string of the molecule is C=C(C)COCCc1cc(-c2ccc(-c3ccc(C)cc3)cc2CC)ccc1OCCO. The molecule has 0 aromatic heterocycles. The summed E-state index contributed by atoms with van der Waals surface area (Å²) in [6, 6.07) is 21.7. The first-order chi connectivity index (χ1) is 15.5. The predicted octanol–water partition coefficient (Wildman–Crippen LogP) is 6.40. The van der Waals surface area contributed by atoms with Gasteiger partial charge in [-0.05, 0) is 72.2 Å². The second kappa shape index (κ2) is 11.7. The number of aryl methyl sites for hydroxylation is 2. The Morgan fingerprint density at radius 2 is 1.56 bits per heavy atom. The fourth-order valence-electron chi connectivity index (χ4n) is 3.76. The Hall–Kier alpha value is -2.88. The van der Waals surface area contributed by atoms with Crippen molar-refractivity contribution < 1.29 is 14.6 Å². The van der Waals surface area contributed by atoms with E-state index in [0.717, 1.165) is 29.7 Å². The van der Waals surface area contributed by atoms with Gasteiger partial charge in [0.1, 0.15) is 12.4 Å². The van der Waals surface area contributed by atoms with Gasteiger partial charge in [-0.15, -0.1) is 0 Å². The molecule has 3 aromatic rings. The molecule has 168 valence electrons. The molecule has 0 bridgehead atoms. The number of hydrogen-bond donors (Lipinski definition) is 1. The van der Waals surface area contributed by atoms with E-state index in [1.54, 1.807) is 0 Å². The van der Waals surface area contributed by atoms with Gasteiger partial charge in [0.25, 0.3) is 0 Å². The third-order valence-electron chi connectivity index (χ3n) is 5.46. The lowest BCUT2D eigenvalue weighted by molar-refractivity contribution is 0.158. The minimum atomic E-state index is -0.00615. The number of aliphatic hydroxyl groups excluding tert-OH is 1. The summed E-state index contributed by atoms with van der Waals surface area (Å²) in [7, 11) is 0. The first kappa shape index (κ1) is 23.8. The zero-order valence-corrected chi connectivity index (χ0v) is 19.5. The zero-order valence-electron chi connectivity index (χ0n) is 19.5. The third-order valence-corrected chi connectivity index (χ3v) is 5.46. The van der Waals surface area contributed by atoms with Gasteiger partial charge in [-0.1, -0.05) is 73.2 Å². The van der Waals surface area contributed by atoms with Gasteiger partial charge in [-0.2, -0.15) is 0 Å². The molecule has 0 aliphatic carbocycles. The maximum Gasteiger partial charge on any atom is 0.122 e. The Kier molecular flexibility index (Phi) is 8.66. The Balaban J connectivity index is 1.90. The molecule has 3 rings (SSSR count). The van der Waals surface area contributed by atoms with Crippen LogP contribution in [0.1, 0.15) is 30.5 Å². The topological polar surface area (TPSA) is 38.7 Å². The van der Waals surface area contributed by atoms with Gasteiger partial charge in [0.15, 0.2) is 0 Å². The first-order valence-corrected chi connectivity index (χ1v) is 11.3. The van der Waals surface area contributed by atoms with Crippen LogP contribution in [-0.2, 0) is 17.6 Å². The lowest BCUT2D eigenvalue weighted by Gasteiger charge is -2.16. The Morgan fingerprint density at radius 1 is 0.875 bits per heavy atom. The molecule has 0 amide bonds. The highest BCUT2D eigenvalue weighted by molar-refractivity contribution is 5.74.